The molecule has 0 spiro atoms. The summed E-state index contributed by atoms with van der Waals surface area (Å²) in [6.45, 7) is 0.488. The second kappa shape index (κ2) is 4.84. The minimum atomic E-state index is -0.0341. The summed E-state index contributed by atoms with van der Waals surface area (Å²) >= 11 is 0. The van der Waals surface area contributed by atoms with Gasteiger partial charge in [0, 0.05) is 31.5 Å². The van der Waals surface area contributed by atoms with Crippen molar-refractivity contribution in [2.75, 3.05) is 11.9 Å². The van der Waals surface area contributed by atoms with Crippen LogP contribution in [0.2, 0.25) is 0 Å². The lowest BCUT2D eigenvalue weighted by Crippen LogP contribution is -2.25. The van der Waals surface area contributed by atoms with Gasteiger partial charge in [-0.1, -0.05) is 12.1 Å². The molecule has 1 aromatic carbocycles. The van der Waals surface area contributed by atoms with Crippen molar-refractivity contribution in [1.29, 1.82) is 0 Å². The van der Waals surface area contributed by atoms with Gasteiger partial charge in [-0.3, -0.25) is 4.79 Å². The molecule has 1 heterocycles. The van der Waals surface area contributed by atoms with Crippen LogP contribution in [-0.4, -0.2) is 17.9 Å². The van der Waals surface area contributed by atoms with E-state index in [1.54, 1.807) is 36.5 Å². The molecule has 0 radical (unpaired) electrons. The normalized spacial score (nSPS) is 10.2. The molecule has 2 rings (SSSR count). The Kier molecular flexibility index (Phi) is 3.25. The first-order chi connectivity index (χ1) is 8.22. The summed E-state index contributed by atoms with van der Waals surface area (Å²) in [5, 5.41) is 0. The van der Waals surface area contributed by atoms with Crippen molar-refractivity contribution in [2.24, 2.45) is 5.73 Å². The van der Waals surface area contributed by atoms with Crippen LogP contribution in [0.3, 0.4) is 0 Å². The van der Waals surface area contributed by atoms with Crippen LogP contribution in [0.4, 0.5) is 5.69 Å². The fourth-order valence-electron chi connectivity index (χ4n) is 1.62. The maximum atomic E-state index is 12.1. The number of nitrogens with zero attached hydrogens (tertiary/aromatic N) is 1. The minimum absolute atomic E-state index is 0.0341. The van der Waals surface area contributed by atoms with Gasteiger partial charge in [-0.05, 0) is 23.8 Å². The van der Waals surface area contributed by atoms with Gasteiger partial charge in [0.15, 0.2) is 0 Å². The highest BCUT2D eigenvalue weighted by Gasteiger charge is 2.13. The van der Waals surface area contributed by atoms with E-state index in [9.17, 15) is 4.79 Å². The Morgan fingerprint density at radius 1 is 1.29 bits per heavy atom. The third kappa shape index (κ3) is 2.37. The molecule has 1 amide bonds. The molecule has 4 nitrogen and oxygen atoms in total. The average Bonchev–Trinajstić information content (AvgIpc) is 2.91. The van der Waals surface area contributed by atoms with E-state index >= 15 is 0 Å². The van der Waals surface area contributed by atoms with E-state index in [4.69, 9.17) is 5.73 Å². The van der Waals surface area contributed by atoms with Crippen LogP contribution in [0.5, 0.6) is 0 Å². The lowest BCUT2D eigenvalue weighted by Gasteiger charge is -2.15. The van der Waals surface area contributed by atoms with Crippen LogP contribution in [0.15, 0.2) is 42.7 Å². The summed E-state index contributed by atoms with van der Waals surface area (Å²) in [4.78, 5) is 16.7. The van der Waals surface area contributed by atoms with Crippen molar-refractivity contribution >= 4 is 11.6 Å². The Morgan fingerprint density at radius 2 is 2.00 bits per heavy atom. The highest BCUT2D eigenvalue weighted by atomic mass is 16.2. The summed E-state index contributed by atoms with van der Waals surface area (Å²) in [7, 11) is 1.75. The number of hydrogen-bond acceptors (Lipinski definition) is 2. The maximum Gasteiger partial charge on any atom is 0.258 e. The molecule has 4 heteroatoms. The molecular formula is C13H15N3O. The number of nitrogens with two attached hydrogens (primary N) is 1. The van der Waals surface area contributed by atoms with Gasteiger partial charge in [-0.2, -0.15) is 0 Å². The number of anilines is 1. The van der Waals surface area contributed by atoms with Crippen molar-refractivity contribution in [2.45, 2.75) is 6.54 Å². The molecule has 0 unspecified atom stereocenters. The molecule has 1 aromatic heterocycles. The van der Waals surface area contributed by atoms with Crippen LogP contribution in [0, 0.1) is 0 Å². The third-order valence-electron chi connectivity index (χ3n) is 2.71. The Hall–Kier alpha value is -2.07. The molecule has 88 valence electrons. The molecule has 0 saturated heterocycles. The van der Waals surface area contributed by atoms with Gasteiger partial charge in [-0.25, -0.2) is 0 Å². The fraction of sp³-hybridized carbons (Fsp3) is 0.154. The number of carbonyl (C=O) groups excluding carboxylic acids is 1. The van der Waals surface area contributed by atoms with E-state index < -0.39 is 0 Å². The van der Waals surface area contributed by atoms with E-state index in [1.807, 2.05) is 18.2 Å². The smallest absolute Gasteiger partial charge is 0.258 e. The second-order valence-electron chi connectivity index (χ2n) is 3.83. The van der Waals surface area contributed by atoms with Crippen molar-refractivity contribution in [3.63, 3.8) is 0 Å². The minimum Gasteiger partial charge on any atom is -0.366 e. The number of hydrogen-bond donors (Lipinski definition) is 2. The molecular weight excluding hydrogens is 214 g/mol. The maximum absolute atomic E-state index is 12.1. The molecule has 0 aliphatic rings. The van der Waals surface area contributed by atoms with Gasteiger partial charge in [0.05, 0.1) is 5.69 Å². The Bertz CT molecular complexity index is 488. The molecule has 3 N–H and O–H groups in total. The Balaban J connectivity index is 2.19. The number of carbonyl (C=O) groups is 1. The number of nitrogens with one attached hydrogen (secondary N) is 1. The lowest BCUT2D eigenvalue weighted by atomic mass is 10.1. The molecule has 2 aromatic rings. The van der Waals surface area contributed by atoms with Crippen LogP contribution < -0.4 is 10.6 Å². The van der Waals surface area contributed by atoms with Gasteiger partial charge >= 0.3 is 0 Å². The predicted octanol–water partition coefficient (Wildman–Crippen LogP) is 1.75. The average molecular weight is 229 g/mol. The highest BCUT2D eigenvalue weighted by molar-refractivity contribution is 6.05. The Morgan fingerprint density at radius 3 is 2.53 bits per heavy atom. The largest absolute Gasteiger partial charge is 0.366 e. The van der Waals surface area contributed by atoms with Gasteiger partial charge in [0.2, 0.25) is 0 Å². The zero-order valence-electron chi connectivity index (χ0n) is 9.68. The quantitative estimate of drug-likeness (QED) is 0.842. The van der Waals surface area contributed by atoms with Crippen LogP contribution in [0.25, 0.3) is 0 Å². The molecule has 0 atom stereocenters. The number of rotatable bonds is 3. The predicted molar refractivity (Wildman–Crippen MR) is 67.9 cm³/mol. The summed E-state index contributed by atoms with van der Waals surface area (Å²) in [6, 6.07) is 9.20. The van der Waals surface area contributed by atoms with E-state index in [0.717, 1.165) is 11.3 Å². The second-order valence-corrected chi connectivity index (χ2v) is 3.83. The SMILES string of the molecule is CN(C(=O)c1ccc(CN)cc1)c1cc[nH]c1. The van der Waals surface area contributed by atoms with Gasteiger partial charge in [0.25, 0.3) is 5.91 Å². The first-order valence-corrected chi connectivity index (χ1v) is 5.42. The summed E-state index contributed by atoms with van der Waals surface area (Å²) in [5.74, 6) is -0.0341. The molecule has 0 aliphatic heterocycles. The van der Waals surface area contributed by atoms with Crippen LogP contribution in [-0.2, 0) is 6.54 Å². The van der Waals surface area contributed by atoms with Crippen molar-refractivity contribution in [3.05, 3.63) is 53.9 Å². The van der Waals surface area contributed by atoms with E-state index in [2.05, 4.69) is 4.98 Å². The van der Waals surface area contributed by atoms with E-state index in [1.165, 1.54) is 0 Å². The first kappa shape index (κ1) is 11.4. The monoisotopic (exact) mass is 229 g/mol. The lowest BCUT2D eigenvalue weighted by molar-refractivity contribution is 0.0993. The molecule has 0 aliphatic carbocycles. The highest BCUT2D eigenvalue weighted by Crippen LogP contribution is 2.14. The zero-order valence-corrected chi connectivity index (χ0v) is 9.68. The number of H-pyrrole nitrogens is 1. The standard InChI is InChI=1S/C13H15N3O/c1-16(12-6-7-15-9-12)13(17)11-4-2-10(8-14)3-5-11/h2-7,9,15H,8,14H2,1H3. The summed E-state index contributed by atoms with van der Waals surface area (Å²) in [5.41, 5.74) is 8.04. The van der Waals surface area contributed by atoms with Gasteiger partial charge in [-0.15, -0.1) is 0 Å². The van der Waals surface area contributed by atoms with Gasteiger partial charge < -0.3 is 15.6 Å². The molecule has 0 fully saturated rings. The number of aromatic nitrogens is 1. The molecule has 17 heavy (non-hydrogen) atoms. The van der Waals surface area contributed by atoms with E-state index in [-0.39, 0.29) is 5.91 Å². The first-order valence-electron chi connectivity index (χ1n) is 5.42. The number of amides is 1. The summed E-state index contributed by atoms with van der Waals surface area (Å²) in [6.07, 6.45) is 3.57. The molecule has 0 saturated carbocycles. The van der Waals surface area contributed by atoms with Crippen LogP contribution >= 0.6 is 0 Å². The third-order valence-corrected chi connectivity index (χ3v) is 2.71. The van der Waals surface area contributed by atoms with E-state index in [0.29, 0.717) is 12.1 Å². The van der Waals surface area contributed by atoms with Crippen LogP contribution in [0.1, 0.15) is 15.9 Å². The number of aromatic amines is 1. The molecule has 0 bridgehead atoms. The van der Waals surface area contributed by atoms with Crippen molar-refractivity contribution in [1.82, 2.24) is 4.98 Å². The fourth-order valence-corrected chi connectivity index (χ4v) is 1.62. The summed E-state index contributed by atoms with van der Waals surface area (Å²) < 4.78 is 0. The van der Waals surface area contributed by atoms with Gasteiger partial charge in [0.1, 0.15) is 0 Å². The Labute approximate surface area is 100 Å². The zero-order chi connectivity index (χ0) is 12.3. The van der Waals surface area contributed by atoms with Crippen molar-refractivity contribution < 1.29 is 4.79 Å². The van der Waals surface area contributed by atoms with Crippen molar-refractivity contribution in [3.8, 4) is 0 Å². The number of benzene rings is 1. The topological polar surface area (TPSA) is 62.1 Å².